The van der Waals surface area contributed by atoms with Gasteiger partial charge in [0.25, 0.3) is 0 Å². The first-order chi connectivity index (χ1) is 12.4. The van der Waals surface area contributed by atoms with Crippen molar-refractivity contribution in [1.82, 2.24) is 4.90 Å². The lowest BCUT2D eigenvalue weighted by molar-refractivity contribution is 0.225. The van der Waals surface area contributed by atoms with Crippen LogP contribution in [0.3, 0.4) is 0 Å². The third kappa shape index (κ3) is 3.37. The summed E-state index contributed by atoms with van der Waals surface area (Å²) in [5.41, 5.74) is 0.191. The molecule has 1 atom stereocenters. The molecule has 0 aromatic heterocycles. The maximum absolute atomic E-state index is 13.5. The summed E-state index contributed by atoms with van der Waals surface area (Å²) in [7, 11) is 0. The van der Waals surface area contributed by atoms with Crippen molar-refractivity contribution in [2.24, 2.45) is 0 Å². The number of hydrogen-bond donors (Lipinski definition) is 2. The van der Waals surface area contributed by atoms with E-state index in [-0.39, 0.29) is 29.1 Å². The fourth-order valence-corrected chi connectivity index (χ4v) is 2.93. The number of likely N-dealkylation sites (tertiary alicyclic amines) is 1. The first-order valence-electron chi connectivity index (χ1n) is 7.72. The fourth-order valence-electron chi connectivity index (χ4n) is 2.93. The van der Waals surface area contributed by atoms with Crippen LogP contribution in [0.1, 0.15) is 30.0 Å². The van der Waals surface area contributed by atoms with Crippen LogP contribution >= 0.6 is 0 Å². The SMILES string of the molecule is N#Cc1cc(NC(=O)N2C(=N)CCC2c2cc(F)cc(F)c2)ccc1F. The van der Waals surface area contributed by atoms with Gasteiger partial charge in [-0.25, -0.2) is 18.0 Å². The van der Waals surface area contributed by atoms with Gasteiger partial charge in [0.15, 0.2) is 0 Å². The van der Waals surface area contributed by atoms with Crippen molar-refractivity contribution in [2.75, 3.05) is 5.32 Å². The van der Waals surface area contributed by atoms with Gasteiger partial charge in [0.1, 0.15) is 29.4 Å². The van der Waals surface area contributed by atoms with Crippen LogP contribution in [0.5, 0.6) is 0 Å². The van der Waals surface area contributed by atoms with Crippen LogP contribution in [-0.2, 0) is 0 Å². The molecule has 0 aliphatic carbocycles. The van der Waals surface area contributed by atoms with Gasteiger partial charge in [-0.3, -0.25) is 10.3 Å². The highest BCUT2D eigenvalue weighted by molar-refractivity contribution is 6.03. The average molecular weight is 358 g/mol. The molecule has 1 heterocycles. The van der Waals surface area contributed by atoms with Crippen LogP contribution in [0.4, 0.5) is 23.7 Å². The number of urea groups is 1. The van der Waals surface area contributed by atoms with Gasteiger partial charge >= 0.3 is 6.03 Å². The van der Waals surface area contributed by atoms with Crippen LogP contribution in [0.2, 0.25) is 0 Å². The number of carbonyl (C=O) groups excluding carboxylic acids is 1. The molecule has 1 unspecified atom stereocenters. The Labute approximate surface area is 147 Å². The van der Waals surface area contributed by atoms with Gasteiger partial charge in [0, 0.05) is 18.2 Å². The van der Waals surface area contributed by atoms with E-state index in [1.807, 2.05) is 0 Å². The van der Waals surface area contributed by atoms with Gasteiger partial charge in [-0.05, 0) is 42.3 Å². The average Bonchev–Trinajstić information content (AvgIpc) is 2.97. The summed E-state index contributed by atoms with van der Waals surface area (Å²) in [4.78, 5) is 13.7. The summed E-state index contributed by atoms with van der Waals surface area (Å²) in [5.74, 6) is -2.25. The van der Waals surface area contributed by atoms with Crippen LogP contribution in [0, 0.1) is 34.2 Å². The van der Waals surface area contributed by atoms with Gasteiger partial charge in [-0.1, -0.05) is 0 Å². The van der Waals surface area contributed by atoms with E-state index in [4.69, 9.17) is 10.7 Å². The number of amidine groups is 1. The largest absolute Gasteiger partial charge is 0.327 e. The summed E-state index contributed by atoms with van der Waals surface area (Å²) < 4.78 is 40.4. The Balaban J connectivity index is 1.87. The van der Waals surface area contributed by atoms with Gasteiger partial charge < -0.3 is 5.32 Å². The highest BCUT2D eigenvalue weighted by Crippen LogP contribution is 2.34. The molecule has 132 valence electrons. The highest BCUT2D eigenvalue weighted by Gasteiger charge is 2.35. The summed E-state index contributed by atoms with van der Waals surface area (Å²) in [5, 5.41) is 19.3. The van der Waals surface area contributed by atoms with Crippen molar-refractivity contribution in [1.29, 1.82) is 10.7 Å². The van der Waals surface area contributed by atoms with Crippen molar-refractivity contribution in [3.8, 4) is 6.07 Å². The minimum Gasteiger partial charge on any atom is -0.307 e. The van der Waals surface area contributed by atoms with Crippen molar-refractivity contribution in [3.63, 3.8) is 0 Å². The Bertz CT molecular complexity index is 918. The Morgan fingerprint density at radius 2 is 1.88 bits per heavy atom. The molecule has 2 amide bonds. The van der Waals surface area contributed by atoms with Gasteiger partial charge in [0.2, 0.25) is 0 Å². The highest BCUT2D eigenvalue weighted by atomic mass is 19.1. The van der Waals surface area contributed by atoms with Crippen LogP contribution in [-0.4, -0.2) is 16.8 Å². The Morgan fingerprint density at radius 1 is 1.19 bits per heavy atom. The second kappa shape index (κ2) is 6.88. The minimum atomic E-state index is -0.768. The zero-order valence-corrected chi connectivity index (χ0v) is 13.4. The number of anilines is 1. The number of nitriles is 1. The number of benzene rings is 2. The molecule has 2 aromatic carbocycles. The molecule has 2 aromatic rings. The van der Waals surface area contributed by atoms with Gasteiger partial charge in [-0.15, -0.1) is 0 Å². The zero-order valence-electron chi connectivity index (χ0n) is 13.4. The van der Waals surface area contributed by atoms with Crippen LogP contribution in [0.25, 0.3) is 0 Å². The predicted molar refractivity (Wildman–Crippen MR) is 88.0 cm³/mol. The van der Waals surface area contributed by atoms with Crippen molar-refractivity contribution in [3.05, 3.63) is 65.0 Å². The van der Waals surface area contributed by atoms with E-state index >= 15 is 0 Å². The number of halogens is 3. The van der Waals surface area contributed by atoms with Gasteiger partial charge in [0.05, 0.1) is 11.6 Å². The lowest BCUT2D eigenvalue weighted by Crippen LogP contribution is -2.37. The second-order valence-electron chi connectivity index (χ2n) is 5.81. The molecule has 26 heavy (non-hydrogen) atoms. The second-order valence-corrected chi connectivity index (χ2v) is 5.81. The Hall–Kier alpha value is -3.34. The molecule has 2 N–H and O–H groups in total. The molecule has 0 spiro atoms. The summed E-state index contributed by atoms with van der Waals surface area (Å²) in [6.45, 7) is 0. The Morgan fingerprint density at radius 3 is 2.54 bits per heavy atom. The lowest BCUT2D eigenvalue weighted by Gasteiger charge is -2.25. The molecule has 1 fully saturated rings. The van der Waals surface area contributed by atoms with Crippen LogP contribution < -0.4 is 5.32 Å². The number of rotatable bonds is 2. The van der Waals surface area contributed by atoms with E-state index in [2.05, 4.69) is 5.32 Å². The third-order valence-electron chi connectivity index (χ3n) is 4.08. The van der Waals surface area contributed by atoms with Crippen molar-refractivity contribution < 1.29 is 18.0 Å². The number of hydrogen-bond acceptors (Lipinski definition) is 3. The third-order valence-corrected chi connectivity index (χ3v) is 4.08. The molecule has 1 aliphatic heterocycles. The van der Waals surface area contributed by atoms with E-state index < -0.39 is 29.5 Å². The summed E-state index contributed by atoms with van der Waals surface area (Å²) >= 11 is 0. The van der Waals surface area contributed by atoms with E-state index in [9.17, 15) is 18.0 Å². The van der Waals surface area contributed by atoms with E-state index in [0.717, 1.165) is 29.2 Å². The normalized spacial score (nSPS) is 16.5. The van der Waals surface area contributed by atoms with E-state index in [1.54, 1.807) is 6.07 Å². The first kappa shape index (κ1) is 17.5. The smallest absolute Gasteiger partial charge is 0.307 e. The molecule has 1 aliphatic rings. The molecule has 1 saturated heterocycles. The first-order valence-corrected chi connectivity index (χ1v) is 7.72. The molecule has 0 saturated carbocycles. The topological polar surface area (TPSA) is 80.0 Å². The fraction of sp³-hybridized carbons (Fsp3) is 0.167. The number of nitrogens with one attached hydrogen (secondary N) is 2. The molecule has 5 nitrogen and oxygen atoms in total. The molecule has 0 bridgehead atoms. The standard InChI is InChI=1S/C18H13F3N4O/c19-12-5-10(6-13(20)8-12)16-3-4-17(23)25(16)18(26)24-14-1-2-15(21)11(7-14)9-22/h1-2,5-8,16,23H,3-4H2,(H,24,26). The lowest BCUT2D eigenvalue weighted by atomic mass is 10.0. The molecule has 8 heteroatoms. The maximum atomic E-state index is 13.5. The molecule has 3 rings (SSSR count). The van der Waals surface area contributed by atoms with Crippen molar-refractivity contribution in [2.45, 2.75) is 18.9 Å². The zero-order chi connectivity index (χ0) is 18.8. The monoisotopic (exact) mass is 358 g/mol. The number of carbonyl (C=O) groups is 1. The van der Waals surface area contributed by atoms with E-state index in [0.29, 0.717) is 6.42 Å². The van der Waals surface area contributed by atoms with Crippen LogP contribution in [0.15, 0.2) is 36.4 Å². The summed E-state index contributed by atoms with van der Waals surface area (Å²) in [6.07, 6.45) is 0.616. The maximum Gasteiger partial charge on any atom is 0.327 e. The number of amides is 2. The van der Waals surface area contributed by atoms with Crippen molar-refractivity contribution >= 4 is 17.6 Å². The molecule has 0 radical (unpaired) electrons. The molecular weight excluding hydrogens is 345 g/mol. The van der Waals surface area contributed by atoms with Gasteiger partial charge in [-0.2, -0.15) is 5.26 Å². The number of nitrogens with zero attached hydrogens (tertiary/aromatic N) is 2. The summed E-state index contributed by atoms with van der Waals surface area (Å²) in [6, 6.07) is 6.76. The Kier molecular flexibility index (Phi) is 4.63. The van der Waals surface area contributed by atoms with E-state index in [1.165, 1.54) is 12.1 Å². The predicted octanol–water partition coefficient (Wildman–Crippen LogP) is 4.32. The minimum absolute atomic E-state index is 0.000197. The molecular formula is C18H13F3N4O. The quantitative estimate of drug-likeness (QED) is 0.838.